The van der Waals surface area contributed by atoms with Gasteiger partial charge in [-0.1, -0.05) is 11.6 Å². The number of fused-ring (bicyclic) bond motifs is 1. The van der Waals surface area contributed by atoms with Gasteiger partial charge in [-0.15, -0.1) is 0 Å². The molecule has 1 aromatic heterocycles. The number of aryl methyl sites for hydroxylation is 1. The molecule has 3 rings (SSSR count). The van der Waals surface area contributed by atoms with Gasteiger partial charge in [-0.2, -0.15) is 11.8 Å². The molecule has 0 atom stereocenters. The Morgan fingerprint density at radius 2 is 2.11 bits per heavy atom. The Morgan fingerprint density at radius 3 is 2.89 bits per heavy atom. The molecule has 1 N–H and O–H groups in total. The van der Waals surface area contributed by atoms with Crippen LogP contribution in [0.4, 0.5) is 0 Å². The summed E-state index contributed by atoms with van der Waals surface area (Å²) in [4.78, 5) is 14.0. The average Bonchev–Trinajstić information content (AvgIpc) is 2.44. The molecule has 0 saturated carbocycles. The molecule has 1 aliphatic heterocycles. The molecule has 1 fully saturated rings. The highest BCUT2D eigenvalue weighted by Gasteiger charge is 2.17. The Hall–Kier alpha value is -1.26. The second-order valence-corrected chi connectivity index (χ2v) is 6.35. The van der Waals surface area contributed by atoms with Crippen LogP contribution in [0, 0.1) is 6.92 Å². The summed E-state index contributed by atoms with van der Waals surface area (Å²) >= 11 is 2.00. The third-order valence-electron chi connectivity index (χ3n) is 3.64. The standard InChI is InChI=1S/C15H17NO2S/c1-11-2-3-14-13(8-11)15(17)12(10-18-14)9-16-4-6-19-7-5-16/h2-3,8,10H,4-7,9H2,1H3/p+1. The average molecular weight is 276 g/mol. The normalized spacial score (nSPS) is 16.9. The number of thioether (sulfide) groups is 1. The molecule has 3 nitrogen and oxygen atoms in total. The molecule has 1 aliphatic rings. The maximum Gasteiger partial charge on any atom is 0.201 e. The van der Waals surface area contributed by atoms with Crippen LogP contribution in [-0.4, -0.2) is 24.6 Å². The molecule has 0 unspecified atom stereocenters. The highest BCUT2D eigenvalue weighted by molar-refractivity contribution is 7.99. The van der Waals surface area contributed by atoms with Gasteiger partial charge in [0.05, 0.1) is 24.0 Å². The second-order valence-electron chi connectivity index (χ2n) is 5.13. The zero-order valence-corrected chi connectivity index (χ0v) is 11.9. The Labute approximate surface area is 116 Å². The van der Waals surface area contributed by atoms with Crippen molar-refractivity contribution in [2.45, 2.75) is 13.5 Å². The van der Waals surface area contributed by atoms with E-state index >= 15 is 0 Å². The van der Waals surface area contributed by atoms with Crippen molar-refractivity contribution >= 4 is 22.7 Å². The van der Waals surface area contributed by atoms with Crippen molar-refractivity contribution in [3.63, 3.8) is 0 Å². The van der Waals surface area contributed by atoms with Gasteiger partial charge in [0.25, 0.3) is 0 Å². The van der Waals surface area contributed by atoms with Gasteiger partial charge in [0, 0.05) is 11.5 Å². The van der Waals surface area contributed by atoms with E-state index in [0.29, 0.717) is 11.0 Å². The van der Waals surface area contributed by atoms with E-state index in [1.807, 2.05) is 36.9 Å². The molecule has 0 aliphatic carbocycles. The first-order chi connectivity index (χ1) is 9.24. The van der Waals surface area contributed by atoms with Crippen molar-refractivity contribution in [3.05, 3.63) is 45.8 Å². The molecule has 0 amide bonds. The van der Waals surface area contributed by atoms with Gasteiger partial charge in [-0.05, 0) is 19.1 Å². The van der Waals surface area contributed by atoms with Crippen LogP contribution >= 0.6 is 11.8 Å². The second kappa shape index (κ2) is 5.39. The van der Waals surface area contributed by atoms with Crippen LogP contribution in [0.15, 0.2) is 33.7 Å². The summed E-state index contributed by atoms with van der Waals surface area (Å²) in [5, 5.41) is 0.711. The molecule has 2 heterocycles. The van der Waals surface area contributed by atoms with E-state index in [1.165, 1.54) is 16.4 Å². The minimum Gasteiger partial charge on any atom is -0.464 e. The van der Waals surface area contributed by atoms with Crippen molar-refractivity contribution in [2.24, 2.45) is 0 Å². The summed E-state index contributed by atoms with van der Waals surface area (Å²) < 4.78 is 5.60. The first kappa shape index (κ1) is 12.8. The highest BCUT2D eigenvalue weighted by Crippen LogP contribution is 2.13. The fourth-order valence-corrected chi connectivity index (χ4v) is 3.58. The van der Waals surface area contributed by atoms with E-state index < -0.39 is 0 Å². The lowest BCUT2D eigenvalue weighted by molar-refractivity contribution is -0.910. The maximum atomic E-state index is 12.5. The van der Waals surface area contributed by atoms with E-state index in [-0.39, 0.29) is 5.43 Å². The van der Waals surface area contributed by atoms with Crippen LogP contribution in [0.1, 0.15) is 11.1 Å². The largest absolute Gasteiger partial charge is 0.464 e. The molecule has 0 radical (unpaired) electrons. The summed E-state index contributed by atoms with van der Waals surface area (Å²) in [7, 11) is 0. The molecule has 1 saturated heterocycles. The number of rotatable bonds is 2. The van der Waals surface area contributed by atoms with Crippen LogP contribution in [0.5, 0.6) is 0 Å². The minimum atomic E-state index is 0.135. The Morgan fingerprint density at radius 1 is 1.32 bits per heavy atom. The van der Waals surface area contributed by atoms with Gasteiger partial charge in [-0.3, -0.25) is 4.79 Å². The summed E-state index contributed by atoms with van der Waals surface area (Å²) in [6.07, 6.45) is 1.65. The van der Waals surface area contributed by atoms with E-state index in [2.05, 4.69) is 0 Å². The van der Waals surface area contributed by atoms with E-state index in [4.69, 9.17) is 4.42 Å². The highest BCUT2D eigenvalue weighted by atomic mass is 32.2. The predicted molar refractivity (Wildman–Crippen MR) is 78.9 cm³/mol. The van der Waals surface area contributed by atoms with Crippen LogP contribution in [-0.2, 0) is 6.54 Å². The Bertz CT molecular complexity index is 644. The number of hydrogen-bond acceptors (Lipinski definition) is 3. The molecule has 4 heteroatoms. The van der Waals surface area contributed by atoms with Gasteiger partial charge in [0.1, 0.15) is 18.4 Å². The van der Waals surface area contributed by atoms with Crippen molar-refractivity contribution in [1.82, 2.24) is 0 Å². The van der Waals surface area contributed by atoms with E-state index in [0.717, 1.165) is 30.8 Å². The van der Waals surface area contributed by atoms with Crippen molar-refractivity contribution in [1.29, 1.82) is 0 Å². The van der Waals surface area contributed by atoms with Crippen molar-refractivity contribution < 1.29 is 9.32 Å². The Kier molecular flexibility index (Phi) is 3.62. The number of nitrogens with one attached hydrogen (secondary N) is 1. The summed E-state index contributed by atoms with van der Waals surface area (Å²) in [6.45, 7) is 5.05. The molecule has 19 heavy (non-hydrogen) atoms. The van der Waals surface area contributed by atoms with Gasteiger partial charge < -0.3 is 9.32 Å². The topological polar surface area (TPSA) is 34.7 Å². The van der Waals surface area contributed by atoms with Crippen LogP contribution in [0.25, 0.3) is 11.0 Å². The van der Waals surface area contributed by atoms with Crippen LogP contribution < -0.4 is 10.3 Å². The molecular formula is C15H18NO2S+. The summed E-state index contributed by atoms with van der Waals surface area (Å²) in [5.74, 6) is 2.38. The molecule has 0 spiro atoms. The molecule has 1 aromatic carbocycles. The quantitative estimate of drug-likeness (QED) is 0.896. The third kappa shape index (κ3) is 2.69. The molecule has 2 aromatic rings. The van der Waals surface area contributed by atoms with Gasteiger partial charge in [0.2, 0.25) is 5.43 Å². The van der Waals surface area contributed by atoms with Crippen molar-refractivity contribution in [3.8, 4) is 0 Å². The number of benzene rings is 1. The summed E-state index contributed by atoms with van der Waals surface area (Å²) in [5.41, 5.74) is 2.72. The number of hydrogen-bond donors (Lipinski definition) is 1. The van der Waals surface area contributed by atoms with Crippen molar-refractivity contribution in [2.75, 3.05) is 24.6 Å². The van der Waals surface area contributed by atoms with Crippen LogP contribution in [0.3, 0.4) is 0 Å². The third-order valence-corrected chi connectivity index (χ3v) is 4.63. The fraction of sp³-hybridized carbons (Fsp3) is 0.400. The minimum absolute atomic E-state index is 0.135. The first-order valence-corrected chi connectivity index (χ1v) is 7.82. The summed E-state index contributed by atoms with van der Waals surface area (Å²) in [6, 6.07) is 5.77. The lowest BCUT2D eigenvalue weighted by Crippen LogP contribution is -3.12. The lowest BCUT2D eigenvalue weighted by Gasteiger charge is -2.22. The smallest absolute Gasteiger partial charge is 0.201 e. The maximum absolute atomic E-state index is 12.5. The monoisotopic (exact) mass is 276 g/mol. The van der Waals surface area contributed by atoms with E-state index in [1.54, 1.807) is 6.26 Å². The SMILES string of the molecule is Cc1ccc2occ(C[NH+]3CCSCC3)c(=O)c2c1. The predicted octanol–water partition coefficient (Wildman–Crippen LogP) is 1.23. The van der Waals surface area contributed by atoms with Gasteiger partial charge in [0.15, 0.2) is 0 Å². The zero-order chi connectivity index (χ0) is 13.2. The Balaban J connectivity index is 1.95. The molecule has 0 bridgehead atoms. The molecular weight excluding hydrogens is 258 g/mol. The van der Waals surface area contributed by atoms with Gasteiger partial charge >= 0.3 is 0 Å². The lowest BCUT2D eigenvalue weighted by atomic mass is 10.1. The van der Waals surface area contributed by atoms with E-state index in [9.17, 15) is 4.79 Å². The van der Waals surface area contributed by atoms with Gasteiger partial charge in [-0.25, -0.2) is 0 Å². The fourth-order valence-electron chi connectivity index (χ4n) is 2.51. The molecule has 100 valence electrons. The first-order valence-electron chi connectivity index (χ1n) is 6.66. The van der Waals surface area contributed by atoms with Crippen LogP contribution in [0.2, 0.25) is 0 Å². The zero-order valence-electron chi connectivity index (χ0n) is 11.1. The number of quaternary nitrogens is 1.